The van der Waals surface area contributed by atoms with Crippen LogP contribution in [0.1, 0.15) is 50.4 Å². The number of pyridine rings is 1. The zero-order valence-corrected chi connectivity index (χ0v) is 11.8. The lowest BCUT2D eigenvalue weighted by Crippen LogP contribution is -2.36. The third-order valence-corrected chi connectivity index (χ3v) is 4.15. The van der Waals surface area contributed by atoms with Gasteiger partial charge >= 0.3 is 0 Å². The molecule has 2 unspecified atom stereocenters. The second kappa shape index (κ2) is 5.24. The van der Waals surface area contributed by atoms with E-state index in [1.807, 2.05) is 0 Å². The fourth-order valence-corrected chi connectivity index (χ4v) is 2.78. The molecule has 0 saturated heterocycles. The van der Waals surface area contributed by atoms with Crippen LogP contribution in [0.3, 0.4) is 0 Å². The van der Waals surface area contributed by atoms with Gasteiger partial charge in [0.1, 0.15) is 5.78 Å². The summed E-state index contributed by atoms with van der Waals surface area (Å²) in [5.41, 5.74) is 0.750. The molecule has 1 aliphatic rings. The van der Waals surface area contributed by atoms with Crippen LogP contribution in [-0.4, -0.2) is 16.6 Å². The first-order valence-electron chi connectivity index (χ1n) is 6.86. The molecule has 1 heterocycles. The van der Waals surface area contributed by atoms with Gasteiger partial charge in [-0.05, 0) is 36.3 Å². The minimum absolute atomic E-state index is 0.0404. The molecule has 0 spiro atoms. The molecular formula is C16H21NO2. The predicted octanol–water partition coefficient (Wildman–Crippen LogP) is 3.30. The first-order chi connectivity index (χ1) is 8.89. The minimum atomic E-state index is -0.458. The van der Waals surface area contributed by atoms with Crippen LogP contribution >= 0.6 is 0 Å². The maximum atomic E-state index is 12.4. The molecule has 1 aliphatic carbocycles. The molecule has 1 fully saturated rings. The van der Waals surface area contributed by atoms with Gasteiger partial charge in [-0.1, -0.05) is 20.8 Å². The van der Waals surface area contributed by atoms with Crippen molar-refractivity contribution >= 4 is 11.6 Å². The van der Waals surface area contributed by atoms with Crippen molar-refractivity contribution in [2.45, 2.75) is 40.0 Å². The van der Waals surface area contributed by atoms with Crippen molar-refractivity contribution in [2.24, 2.45) is 17.3 Å². The lowest BCUT2D eigenvalue weighted by atomic mass is 9.67. The second-order valence-electron chi connectivity index (χ2n) is 6.46. The third kappa shape index (κ3) is 3.09. The lowest BCUT2D eigenvalue weighted by molar-refractivity contribution is -0.124. The first-order valence-corrected chi connectivity index (χ1v) is 6.86. The molecule has 19 heavy (non-hydrogen) atoms. The van der Waals surface area contributed by atoms with Crippen LogP contribution in [0.15, 0.2) is 24.5 Å². The third-order valence-electron chi connectivity index (χ3n) is 4.15. The summed E-state index contributed by atoms with van der Waals surface area (Å²) >= 11 is 0. The molecule has 3 heteroatoms. The normalized spacial score (nSPS) is 24.3. The molecule has 0 N–H and O–H groups in total. The Morgan fingerprint density at radius 1 is 1.26 bits per heavy atom. The molecule has 1 aromatic heterocycles. The van der Waals surface area contributed by atoms with E-state index in [9.17, 15) is 9.59 Å². The van der Waals surface area contributed by atoms with Crippen LogP contribution in [-0.2, 0) is 4.79 Å². The number of carbonyl (C=O) groups excluding carboxylic acids is 2. The van der Waals surface area contributed by atoms with Gasteiger partial charge in [-0.25, -0.2) is 0 Å². The van der Waals surface area contributed by atoms with Crippen LogP contribution < -0.4 is 0 Å². The Kier molecular flexibility index (Phi) is 3.83. The van der Waals surface area contributed by atoms with Gasteiger partial charge < -0.3 is 0 Å². The van der Waals surface area contributed by atoms with E-state index in [0.717, 1.165) is 6.42 Å². The Labute approximate surface area is 114 Å². The fourth-order valence-electron chi connectivity index (χ4n) is 2.78. The zero-order valence-electron chi connectivity index (χ0n) is 11.8. The zero-order chi connectivity index (χ0) is 14.0. The monoisotopic (exact) mass is 259 g/mol. The molecule has 0 amide bonds. The number of hydrogen-bond acceptors (Lipinski definition) is 3. The van der Waals surface area contributed by atoms with Gasteiger partial charge in [0.05, 0.1) is 5.92 Å². The van der Waals surface area contributed by atoms with Crippen molar-refractivity contribution in [1.29, 1.82) is 0 Å². The molecular weight excluding hydrogens is 238 g/mol. The van der Waals surface area contributed by atoms with E-state index >= 15 is 0 Å². The van der Waals surface area contributed by atoms with Crippen molar-refractivity contribution in [2.75, 3.05) is 0 Å². The molecule has 2 atom stereocenters. The molecule has 0 bridgehead atoms. The largest absolute Gasteiger partial charge is 0.299 e. The number of aromatic nitrogens is 1. The predicted molar refractivity (Wildman–Crippen MR) is 73.9 cm³/mol. The molecule has 3 nitrogen and oxygen atoms in total. The highest BCUT2D eigenvalue weighted by atomic mass is 16.1. The summed E-state index contributed by atoms with van der Waals surface area (Å²) in [7, 11) is 0. The second-order valence-corrected chi connectivity index (χ2v) is 6.46. The first kappa shape index (κ1) is 13.9. The summed E-state index contributed by atoms with van der Waals surface area (Å²) in [5.74, 6) is 0.0324. The summed E-state index contributed by atoms with van der Waals surface area (Å²) in [6.07, 6.45) is 5.32. The molecule has 1 aromatic rings. The Morgan fingerprint density at radius 3 is 2.47 bits per heavy atom. The Morgan fingerprint density at radius 2 is 1.89 bits per heavy atom. The van der Waals surface area contributed by atoms with Crippen molar-refractivity contribution < 1.29 is 9.59 Å². The quantitative estimate of drug-likeness (QED) is 0.604. The minimum Gasteiger partial charge on any atom is -0.299 e. The maximum Gasteiger partial charge on any atom is 0.173 e. The van der Waals surface area contributed by atoms with Gasteiger partial charge in [0, 0.05) is 24.4 Å². The summed E-state index contributed by atoms with van der Waals surface area (Å²) in [6, 6.07) is 3.38. The summed E-state index contributed by atoms with van der Waals surface area (Å²) < 4.78 is 0. The summed E-state index contributed by atoms with van der Waals surface area (Å²) in [5, 5.41) is 0. The van der Waals surface area contributed by atoms with Crippen molar-refractivity contribution in [1.82, 2.24) is 4.98 Å². The van der Waals surface area contributed by atoms with Gasteiger partial charge in [0.15, 0.2) is 5.78 Å². The average Bonchev–Trinajstić information content (AvgIpc) is 2.38. The number of Topliss-reactive ketones (excluding diaryl/α,β-unsaturated/α-hetero) is 2. The van der Waals surface area contributed by atoms with Crippen LogP contribution in [0.4, 0.5) is 0 Å². The maximum absolute atomic E-state index is 12.4. The summed E-state index contributed by atoms with van der Waals surface area (Å²) in [4.78, 5) is 28.4. The summed E-state index contributed by atoms with van der Waals surface area (Å²) in [6.45, 7) is 6.55. The van der Waals surface area contributed by atoms with Crippen LogP contribution in [0.5, 0.6) is 0 Å². The standard InChI is InChI=1S/C16H21NO2/c1-16(2,3)12-4-5-14(18)13(10-12)15(19)11-6-8-17-9-7-11/h6-9,12-13H,4-5,10H2,1-3H3. The highest BCUT2D eigenvalue weighted by molar-refractivity contribution is 6.10. The average molecular weight is 259 g/mol. The topological polar surface area (TPSA) is 47.0 Å². The lowest BCUT2D eigenvalue weighted by Gasteiger charge is -2.36. The fraction of sp³-hybridized carbons (Fsp3) is 0.562. The number of hydrogen-bond donors (Lipinski definition) is 0. The number of ketones is 2. The van der Waals surface area contributed by atoms with E-state index in [4.69, 9.17) is 0 Å². The van der Waals surface area contributed by atoms with Crippen molar-refractivity contribution in [3.05, 3.63) is 30.1 Å². The van der Waals surface area contributed by atoms with E-state index in [1.165, 1.54) is 0 Å². The van der Waals surface area contributed by atoms with Gasteiger partial charge in [-0.15, -0.1) is 0 Å². The van der Waals surface area contributed by atoms with Gasteiger partial charge in [0.2, 0.25) is 0 Å². The van der Waals surface area contributed by atoms with E-state index in [2.05, 4.69) is 25.8 Å². The molecule has 0 aliphatic heterocycles. The smallest absolute Gasteiger partial charge is 0.173 e. The van der Waals surface area contributed by atoms with Crippen molar-refractivity contribution in [3.8, 4) is 0 Å². The highest BCUT2D eigenvalue weighted by Crippen LogP contribution is 2.39. The van der Waals surface area contributed by atoms with Gasteiger partial charge in [-0.2, -0.15) is 0 Å². The van der Waals surface area contributed by atoms with Crippen LogP contribution in [0.2, 0.25) is 0 Å². The Hall–Kier alpha value is -1.51. The van der Waals surface area contributed by atoms with E-state index in [-0.39, 0.29) is 17.0 Å². The Bertz CT molecular complexity index is 473. The SMILES string of the molecule is CC(C)(C)C1CCC(=O)C(C(=O)c2ccncc2)C1. The number of nitrogens with zero attached hydrogens (tertiary/aromatic N) is 1. The highest BCUT2D eigenvalue weighted by Gasteiger charge is 2.38. The van der Waals surface area contributed by atoms with E-state index < -0.39 is 5.92 Å². The van der Waals surface area contributed by atoms with Crippen molar-refractivity contribution in [3.63, 3.8) is 0 Å². The number of carbonyl (C=O) groups is 2. The molecule has 0 radical (unpaired) electrons. The molecule has 102 valence electrons. The van der Waals surface area contributed by atoms with Gasteiger partial charge in [-0.3, -0.25) is 14.6 Å². The molecule has 0 aromatic carbocycles. The molecule has 2 rings (SSSR count). The van der Waals surface area contributed by atoms with Gasteiger partial charge in [0.25, 0.3) is 0 Å². The van der Waals surface area contributed by atoms with E-state index in [0.29, 0.717) is 24.3 Å². The van der Waals surface area contributed by atoms with E-state index in [1.54, 1.807) is 24.5 Å². The molecule has 1 saturated carbocycles. The van der Waals surface area contributed by atoms with Crippen LogP contribution in [0, 0.1) is 17.3 Å². The Balaban J connectivity index is 2.18. The van der Waals surface area contributed by atoms with Crippen LogP contribution in [0.25, 0.3) is 0 Å². The number of rotatable bonds is 2.